The summed E-state index contributed by atoms with van der Waals surface area (Å²) < 4.78 is 6.22. The maximum Gasteiger partial charge on any atom is 0.104 e. The number of halogens is 1. The van der Waals surface area contributed by atoms with Crippen LogP contribution in [0.5, 0.6) is 0 Å². The summed E-state index contributed by atoms with van der Waals surface area (Å²) in [5, 5.41) is 13.6. The number of hydrogen-bond donors (Lipinski definition) is 1. The first-order chi connectivity index (χ1) is 6.25. The van der Waals surface area contributed by atoms with E-state index >= 15 is 0 Å². The molecule has 0 spiro atoms. The molecule has 0 amide bonds. The Hall–Kier alpha value is 0.100. The highest BCUT2D eigenvalue weighted by atomic mass is 79.9. The van der Waals surface area contributed by atoms with Crippen molar-refractivity contribution in [2.75, 3.05) is 13.2 Å². The molecule has 0 saturated heterocycles. The lowest BCUT2D eigenvalue weighted by molar-refractivity contribution is 0.0362. The molecule has 0 aromatic carbocycles. The van der Waals surface area contributed by atoms with Crippen LogP contribution in [0, 0.1) is 0 Å². The van der Waals surface area contributed by atoms with Crippen LogP contribution in [0.3, 0.4) is 0 Å². The van der Waals surface area contributed by atoms with E-state index in [0.29, 0.717) is 13.2 Å². The molecule has 0 bridgehead atoms. The lowest BCUT2D eigenvalue weighted by atomic mass is 10.2. The molecule has 1 atom stereocenters. The van der Waals surface area contributed by atoms with Crippen LogP contribution in [-0.2, 0) is 4.74 Å². The summed E-state index contributed by atoms with van der Waals surface area (Å²) in [7, 11) is 0. The van der Waals surface area contributed by atoms with Crippen LogP contribution < -0.4 is 0 Å². The monoisotopic (exact) mass is 264 g/mol. The molecule has 0 fully saturated rings. The van der Waals surface area contributed by atoms with Gasteiger partial charge in [0.2, 0.25) is 0 Å². The molecule has 2 nitrogen and oxygen atoms in total. The standard InChI is InChI=1S/C9H13BrO2S/c1-2-3-12-4-9(11)7-5-13-6-8(7)10/h5-6,9,11H,2-4H2,1H3. The zero-order valence-electron chi connectivity index (χ0n) is 7.50. The first-order valence-electron chi connectivity index (χ1n) is 4.23. The Morgan fingerprint density at radius 1 is 1.62 bits per heavy atom. The summed E-state index contributed by atoms with van der Waals surface area (Å²) in [6.07, 6.45) is 0.476. The van der Waals surface area contributed by atoms with Gasteiger partial charge in [-0.2, -0.15) is 11.3 Å². The molecule has 0 aliphatic carbocycles. The number of thiophene rings is 1. The normalized spacial score (nSPS) is 13.2. The van der Waals surface area contributed by atoms with Crippen molar-refractivity contribution >= 4 is 27.3 Å². The van der Waals surface area contributed by atoms with Crippen molar-refractivity contribution in [2.24, 2.45) is 0 Å². The smallest absolute Gasteiger partial charge is 0.104 e. The quantitative estimate of drug-likeness (QED) is 0.829. The predicted molar refractivity (Wildman–Crippen MR) is 58.1 cm³/mol. The van der Waals surface area contributed by atoms with E-state index in [1.54, 1.807) is 11.3 Å². The van der Waals surface area contributed by atoms with Gasteiger partial charge in [-0.3, -0.25) is 0 Å². The molecule has 1 aromatic rings. The Morgan fingerprint density at radius 2 is 2.38 bits per heavy atom. The van der Waals surface area contributed by atoms with Crippen molar-refractivity contribution in [3.8, 4) is 0 Å². The molecule has 13 heavy (non-hydrogen) atoms. The van der Waals surface area contributed by atoms with E-state index in [9.17, 15) is 5.11 Å². The minimum Gasteiger partial charge on any atom is -0.386 e. The number of ether oxygens (including phenoxy) is 1. The maximum atomic E-state index is 9.67. The number of aliphatic hydroxyl groups is 1. The molecular weight excluding hydrogens is 252 g/mol. The van der Waals surface area contributed by atoms with Crippen LogP contribution in [0.2, 0.25) is 0 Å². The summed E-state index contributed by atoms with van der Waals surface area (Å²) in [6, 6.07) is 0. The summed E-state index contributed by atoms with van der Waals surface area (Å²) in [4.78, 5) is 0. The number of hydrogen-bond acceptors (Lipinski definition) is 3. The largest absolute Gasteiger partial charge is 0.386 e. The van der Waals surface area contributed by atoms with E-state index in [1.165, 1.54) is 0 Å². The van der Waals surface area contributed by atoms with Crippen molar-refractivity contribution in [1.29, 1.82) is 0 Å². The molecular formula is C9H13BrO2S. The molecule has 1 heterocycles. The van der Waals surface area contributed by atoms with Crippen LogP contribution in [-0.4, -0.2) is 18.3 Å². The van der Waals surface area contributed by atoms with Crippen molar-refractivity contribution in [3.05, 3.63) is 20.8 Å². The third-order valence-electron chi connectivity index (χ3n) is 1.63. The minimum absolute atomic E-state index is 0.378. The van der Waals surface area contributed by atoms with Gasteiger partial charge < -0.3 is 9.84 Å². The zero-order chi connectivity index (χ0) is 9.68. The molecule has 74 valence electrons. The van der Waals surface area contributed by atoms with Gasteiger partial charge in [-0.05, 0) is 27.7 Å². The summed E-state index contributed by atoms with van der Waals surface area (Å²) in [5.74, 6) is 0. The van der Waals surface area contributed by atoms with Crippen molar-refractivity contribution in [2.45, 2.75) is 19.4 Å². The summed E-state index contributed by atoms with van der Waals surface area (Å²) in [6.45, 7) is 3.13. The van der Waals surface area contributed by atoms with E-state index in [1.807, 2.05) is 17.7 Å². The molecule has 0 radical (unpaired) electrons. The van der Waals surface area contributed by atoms with Crippen LogP contribution in [0.1, 0.15) is 25.0 Å². The lowest BCUT2D eigenvalue weighted by Gasteiger charge is -2.09. The second-order valence-corrected chi connectivity index (χ2v) is 4.36. The van der Waals surface area contributed by atoms with Gasteiger partial charge in [0.25, 0.3) is 0 Å². The molecule has 0 aliphatic heterocycles. The topological polar surface area (TPSA) is 29.5 Å². The SMILES string of the molecule is CCCOCC(O)c1cscc1Br. The second kappa shape index (κ2) is 5.75. The van der Waals surface area contributed by atoms with E-state index in [-0.39, 0.29) is 0 Å². The van der Waals surface area contributed by atoms with Gasteiger partial charge >= 0.3 is 0 Å². The van der Waals surface area contributed by atoms with Crippen molar-refractivity contribution < 1.29 is 9.84 Å². The van der Waals surface area contributed by atoms with Crippen LogP contribution in [0.15, 0.2) is 15.2 Å². The lowest BCUT2D eigenvalue weighted by Crippen LogP contribution is -2.07. The Morgan fingerprint density at radius 3 is 2.92 bits per heavy atom. The average Bonchev–Trinajstić information content (AvgIpc) is 2.52. The Labute approximate surface area is 90.7 Å². The molecule has 4 heteroatoms. The molecule has 1 unspecified atom stereocenters. The summed E-state index contributed by atoms with van der Waals surface area (Å²) in [5.41, 5.74) is 0.918. The van der Waals surface area contributed by atoms with Crippen LogP contribution >= 0.6 is 27.3 Å². The Kier molecular flexibility index (Phi) is 4.94. The number of rotatable bonds is 5. The fourth-order valence-electron chi connectivity index (χ4n) is 0.958. The molecule has 0 aliphatic rings. The van der Waals surface area contributed by atoms with Crippen LogP contribution in [0.4, 0.5) is 0 Å². The average molecular weight is 265 g/mol. The number of aliphatic hydroxyl groups excluding tert-OH is 1. The Balaban J connectivity index is 2.39. The summed E-state index contributed by atoms with van der Waals surface area (Å²) >= 11 is 4.94. The van der Waals surface area contributed by atoms with Gasteiger partial charge in [0.05, 0.1) is 6.61 Å². The van der Waals surface area contributed by atoms with Gasteiger partial charge in [0, 0.05) is 22.0 Å². The Bertz CT molecular complexity index is 250. The van der Waals surface area contributed by atoms with Gasteiger partial charge in [-0.15, -0.1) is 0 Å². The molecule has 1 aromatic heterocycles. The fourth-order valence-corrected chi connectivity index (χ4v) is 2.57. The van der Waals surface area contributed by atoms with E-state index in [0.717, 1.165) is 16.5 Å². The van der Waals surface area contributed by atoms with Crippen molar-refractivity contribution in [3.63, 3.8) is 0 Å². The highest BCUT2D eigenvalue weighted by molar-refractivity contribution is 9.10. The minimum atomic E-state index is -0.507. The van der Waals surface area contributed by atoms with Crippen LogP contribution in [0.25, 0.3) is 0 Å². The molecule has 1 N–H and O–H groups in total. The predicted octanol–water partition coefficient (Wildman–Crippen LogP) is 2.97. The second-order valence-electron chi connectivity index (χ2n) is 2.77. The van der Waals surface area contributed by atoms with E-state index in [2.05, 4.69) is 15.9 Å². The van der Waals surface area contributed by atoms with Gasteiger partial charge in [-0.1, -0.05) is 6.92 Å². The highest BCUT2D eigenvalue weighted by Crippen LogP contribution is 2.27. The molecule has 0 saturated carbocycles. The molecule has 1 rings (SSSR count). The fraction of sp³-hybridized carbons (Fsp3) is 0.556. The first-order valence-corrected chi connectivity index (χ1v) is 5.96. The van der Waals surface area contributed by atoms with E-state index < -0.39 is 6.10 Å². The zero-order valence-corrected chi connectivity index (χ0v) is 9.90. The first kappa shape index (κ1) is 11.2. The third-order valence-corrected chi connectivity index (χ3v) is 3.38. The van der Waals surface area contributed by atoms with Crippen molar-refractivity contribution in [1.82, 2.24) is 0 Å². The van der Waals surface area contributed by atoms with E-state index in [4.69, 9.17) is 4.74 Å². The maximum absolute atomic E-state index is 9.67. The highest BCUT2D eigenvalue weighted by Gasteiger charge is 2.11. The third kappa shape index (κ3) is 3.38. The van der Waals surface area contributed by atoms with Gasteiger partial charge in [0.1, 0.15) is 6.10 Å². The van der Waals surface area contributed by atoms with Gasteiger partial charge in [-0.25, -0.2) is 0 Å². The van der Waals surface area contributed by atoms with Gasteiger partial charge in [0.15, 0.2) is 0 Å².